The van der Waals surface area contributed by atoms with E-state index in [0.717, 1.165) is 34.7 Å². The first-order chi connectivity index (χ1) is 11.6. The lowest BCUT2D eigenvalue weighted by Gasteiger charge is -2.05. The molecule has 24 heavy (non-hydrogen) atoms. The van der Waals surface area contributed by atoms with Gasteiger partial charge in [0.25, 0.3) is 6.01 Å². The molecule has 7 nitrogen and oxygen atoms in total. The molecule has 0 aliphatic heterocycles. The zero-order valence-corrected chi connectivity index (χ0v) is 14.4. The standard InChI is InChI=1S/C17H22N4O3/c1-11-13(16(23-4)21(2)20-11)10-18-17-19-14-9-12(7-8-22-3)5-6-15(14)24-17/h5-6,9H,7-8,10H2,1-4H3,(H,18,19). The van der Waals surface area contributed by atoms with Gasteiger partial charge in [-0.25, -0.2) is 4.68 Å². The molecule has 2 heterocycles. The summed E-state index contributed by atoms with van der Waals surface area (Å²) in [5, 5.41) is 7.57. The van der Waals surface area contributed by atoms with Crippen LogP contribution in [0.3, 0.4) is 0 Å². The van der Waals surface area contributed by atoms with Crippen LogP contribution in [-0.4, -0.2) is 35.6 Å². The van der Waals surface area contributed by atoms with Gasteiger partial charge in [-0.2, -0.15) is 10.1 Å². The molecule has 0 unspecified atom stereocenters. The minimum absolute atomic E-state index is 0.485. The van der Waals surface area contributed by atoms with Gasteiger partial charge in [-0.15, -0.1) is 0 Å². The van der Waals surface area contributed by atoms with Crippen LogP contribution in [-0.2, 0) is 24.8 Å². The number of nitrogens with one attached hydrogen (secondary N) is 1. The molecule has 3 aromatic rings. The van der Waals surface area contributed by atoms with Gasteiger partial charge in [-0.1, -0.05) is 6.07 Å². The number of aryl methyl sites for hydroxylation is 2. The number of benzene rings is 1. The van der Waals surface area contributed by atoms with Crippen molar-refractivity contribution in [1.29, 1.82) is 0 Å². The number of methoxy groups -OCH3 is 2. The highest BCUT2D eigenvalue weighted by Gasteiger charge is 2.15. The minimum Gasteiger partial charge on any atom is -0.481 e. The van der Waals surface area contributed by atoms with Crippen molar-refractivity contribution in [2.75, 3.05) is 26.1 Å². The summed E-state index contributed by atoms with van der Waals surface area (Å²) in [6.07, 6.45) is 0.855. The Kier molecular flexibility index (Phi) is 4.71. The van der Waals surface area contributed by atoms with Crippen LogP contribution in [0.15, 0.2) is 22.6 Å². The molecule has 0 fully saturated rings. The summed E-state index contributed by atoms with van der Waals surface area (Å²) in [6.45, 7) is 3.18. The highest BCUT2D eigenvalue weighted by Crippen LogP contribution is 2.24. The summed E-state index contributed by atoms with van der Waals surface area (Å²) in [5.41, 5.74) is 4.67. The zero-order chi connectivity index (χ0) is 17.1. The SMILES string of the molecule is COCCc1ccc2oc(NCc3c(C)nn(C)c3OC)nc2c1. The lowest BCUT2D eigenvalue weighted by molar-refractivity contribution is 0.202. The van der Waals surface area contributed by atoms with Gasteiger partial charge < -0.3 is 19.2 Å². The number of anilines is 1. The zero-order valence-electron chi connectivity index (χ0n) is 14.4. The number of hydrogen-bond donors (Lipinski definition) is 1. The van der Waals surface area contributed by atoms with Gasteiger partial charge in [0.05, 0.1) is 31.5 Å². The second kappa shape index (κ2) is 6.92. The molecule has 7 heteroatoms. The fourth-order valence-electron chi connectivity index (χ4n) is 2.73. The van der Waals surface area contributed by atoms with Gasteiger partial charge >= 0.3 is 0 Å². The average molecular weight is 330 g/mol. The van der Waals surface area contributed by atoms with Crippen LogP contribution in [0.5, 0.6) is 5.88 Å². The van der Waals surface area contributed by atoms with Crippen LogP contribution >= 0.6 is 0 Å². The third-order valence-electron chi connectivity index (χ3n) is 3.95. The molecular formula is C17H22N4O3. The van der Waals surface area contributed by atoms with E-state index in [2.05, 4.69) is 15.4 Å². The van der Waals surface area contributed by atoms with Crippen LogP contribution in [0.1, 0.15) is 16.8 Å². The second-order valence-electron chi connectivity index (χ2n) is 5.61. The van der Waals surface area contributed by atoms with Crippen LogP contribution in [0.25, 0.3) is 11.1 Å². The fourth-order valence-corrected chi connectivity index (χ4v) is 2.73. The largest absolute Gasteiger partial charge is 0.481 e. The fraction of sp³-hybridized carbons (Fsp3) is 0.412. The van der Waals surface area contributed by atoms with Crippen molar-refractivity contribution in [3.63, 3.8) is 0 Å². The summed E-state index contributed by atoms with van der Waals surface area (Å²) in [5.74, 6) is 0.734. The molecule has 0 atom stereocenters. The Balaban J connectivity index is 1.76. The quantitative estimate of drug-likeness (QED) is 0.718. The summed E-state index contributed by atoms with van der Waals surface area (Å²) >= 11 is 0. The molecule has 0 aliphatic carbocycles. The predicted octanol–water partition coefficient (Wildman–Crippen LogP) is 2.68. The Morgan fingerprint density at radius 1 is 1.29 bits per heavy atom. The van der Waals surface area contributed by atoms with E-state index in [0.29, 0.717) is 19.2 Å². The molecular weight excluding hydrogens is 308 g/mol. The first-order valence-corrected chi connectivity index (χ1v) is 7.81. The molecule has 0 radical (unpaired) electrons. The average Bonchev–Trinajstić information content (AvgIpc) is 3.09. The lowest BCUT2D eigenvalue weighted by atomic mass is 10.1. The minimum atomic E-state index is 0.485. The summed E-state index contributed by atoms with van der Waals surface area (Å²) in [7, 11) is 5.20. The monoisotopic (exact) mass is 330 g/mol. The maximum Gasteiger partial charge on any atom is 0.295 e. The van der Waals surface area contributed by atoms with E-state index < -0.39 is 0 Å². The first kappa shape index (κ1) is 16.3. The number of rotatable bonds is 7. The maximum absolute atomic E-state index is 5.75. The molecule has 3 rings (SSSR count). The van der Waals surface area contributed by atoms with Crippen molar-refractivity contribution in [2.24, 2.45) is 7.05 Å². The molecule has 1 aromatic carbocycles. The van der Waals surface area contributed by atoms with Crippen LogP contribution in [0.4, 0.5) is 6.01 Å². The molecule has 128 valence electrons. The normalized spacial score (nSPS) is 11.2. The van der Waals surface area contributed by atoms with E-state index in [4.69, 9.17) is 13.9 Å². The number of oxazole rings is 1. The van der Waals surface area contributed by atoms with Crippen molar-refractivity contribution >= 4 is 17.1 Å². The number of nitrogens with zero attached hydrogens (tertiary/aromatic N) is 3. The van der Waals surface area contributed by atoms with E-state index in [9.17, 15) is 0 Å². The third-order valence-corrected chi connectivity index (χ3v) is 3.95. The van der Waals surface area contributed by atoms with Gasteiger partial charge in [-0.3, -0.25) is 0 Å². The highest BCUT2D eigenvalue weighted by atomic mass is 16.5. The predicted molar refractivity (Wildman–Crippen MR) is 91.4 cm³/mol. The van der Waals surface area contributed by atoms with Crippen molar-refractivity contribution in [1.82, 2.24) is 14.8 Å². The van der Waals surface area contributed by atoms with Crippen molar-refractivity contribution < 1.29 is 13.9 Å². The summed E-state index contributed by atoms with van der Waals surface area (Å²) < 4.78 is 18.0. The molecule has 0 bridgehead atoms. The summed E-state index contributed by atoms with van der Waals surface area (Å²) in [6, 6.07) is 6.48. The van der Waals surface area contributed by atoms with Crippen LogP contribution < -0.4 is 10.1 Å². The lowest BCUT2D eigenvalue weighted by Crippen LogP contribution is -2.03. The second-order valence-corrected chi connectivity index (χ2v) is 5.61. The molecule has 2 aromatic heterocycles. The van der Waals surface area contributed by atoms with E-state index in [1.165, 1.54) is 5.56 Å². The van der Waals surface area contributed by atoms with E-state index in [1.54, 1.807) is 18.9 Å². The topological polar surface area (TPSA) is 74.3 Å². The van der Waals surface area contributed by atoms with Gasteiger partial charge in [0.1, 0.15) is 5.52 Å². The van der Waals surface area contributed by atoms with Crippen LogP contribution in [0.2, 0.25) is 0 Å². The molecule has 0 saturated carbocycles. The Morgan fingerprint density at radius 2 is 2.12 bits per heavy atom. The Hall–Kier alpha value is -2.54. The molecule has 1 N–H and O–H groups in total. The maximum atomic E-state index is 5.75. The van der Waals surface area contributed by atoms with Gasteiger partial charge in [0, 0.05) is 14.2 Å². The highest BCUT2D eigenvalue weighted by molar-refractivity contribution is 5.75. The molecule has 0 saturated heterocycles. The number of aromatic nitrogens is 3. The Labute approximate surface area is 140 Å². The van der Waals surface area contributed by atoms with Gasteiger partial charge in [0.15, 0.2) is 5.58 Å². The number of ether oxygens (including phenoxy) is 2. The van der Waals surface area contributed by atoms with Crippen molar-refractivity contribution in [2.45, 2.75) is 19.9 Å². The molecule has 0 amide bonds. The van der Waals surface area contributed by atoms with Crippen LogP contribution in [0, 0.1) is 6.92 Å². The first-order valence-electron chi connectivity index (χ1n) is 7.81. The van der Waals surface area contributed by atoms with Crippen molar-refractivity contribution in [3.8, 4) is 5.88 Å². The van der Waals surface area contributed by atoms with Gasteiger partial charge in [-0.05, 0) is 31.0 Å². The van der Waals surface area contributed by atoms with Gasteiger partial charge in [0.2, 0.25) is 5.88 Å². The molecule has 0 spiro atoms. The Bertz CT molecular complexity index is 838. The summed E-state index contributed by atoms with van der Waals surface area (Å²) in [4.78, 5) is 4.50. The third kappa shape index (κ3) is 3.21. The Morgan fingerprint density at radius 3 is 2.88 bits per heavy atom. The van der Waals surface area contributed by atoms with E-state index in [-0.39, 0.29) is 0 Å². The number of fused-ring (bicyclic) bond motifs is 1. The van der Waals surface area contributed by atoms with E-state index in [1.807, 2.05) is 32.2 Å². The number of hydrogen-bond acceptors (Lipinski definition) is 6. The van der Waals surface area contributed by atoms with Crippen molar-refractivity contribution in [3.05, 3.63) is 35.0 Å². The molecule has 0 aliphatic rings. The smallest absolute Gasteiger partial charge is 0.295 e. The van der Waals surface area contributed by atoms with E-state index >= 15 is 0 Å².